The fourth-order valence-electron chi connectivity index (χ4n) is 3.83. The number of sulfone groups is 1. The lowest BCUT2D eigenvalue weighted by Crippen LogP contribution is -2.35. The second-order valence-corrected chi connectivity index (χ2v) is 9.59. The van der Waals surface area contributed by atoms with Crippen LogP contribution < -0.4 is 10.1 Å². The molecular weight excluding hydrogens is 352 g/mol. The van der Waals surface area contributed by atoms with E-state index in [1.54, 1.807) is 24.3 Å². The lowest BCUT2D eigenvalue weighted by molar-refractivity contribution is -0.132. The molecule has 1 aliphatic heterocycles. The summed E-state index contributed by atoms with van der Waals surface area (Å²) in [5.41, 5.74) is 0.272. The van der Waals surface area contributed by atoms with Crippen molar-refractivity contribution in [3.8, 4) is 5.75 Å². The van der Waals surface area contributed by atoms with Crippen LogP contribution in [0.4, 0.5) is 0 Å². The number of amides is 1. The normalized spacial score (nSPS) is 21.4. The van der Waals surface area contributed by atoms with E-state index in [0.717, 1.165) is 38.8 Å². The molecule has 26 heavy (non-hydrogen) atoms. The van der Waals surface area contributed by atoms with Gasteiger partial charge >= 0.3 is 0 Å². The highest BCUT2D eigenvalue weighted by Crippen LogP contribution is 2.59. The topological polar surface area (TPSA) is 75.7 Å². The fraction of sp³-hybridized carbons (Fsp3) is 0.632. The second kappa shape index (κ2) is 7.56. The Labute approximate surface area is 155 Å². The number of hydrogen-bond acceptors (Lipinski definition) is 5. The maximum Gasteiger partial charge on any atom is 0.226 e. The van der Waals surface area contributed by atoms with Gasteiger partial charge < -0.3 is 15.0 Å². The Hall–Kier alpha value is -1.60. The minimum Gasteiger partial charge on any atom is -0.494 e. The fourth-order valence-corrected chi connectivity index (χ4v) is 4.46. The number of piperidine rings is 1. The highest BCUT2D eigenvalue weighted by atomic mass is 32.2. The number of benzene rings is 1. The zero-order chi connectivity index (χ0) is 18.8. The van der Waals surface area contributed by atoms with Gasteiger partial charge in [-0.1, -0.05) is 0 Å². The Morgan fingerprint density at radius 1 is 1.27 bits per heavy atom. The van der Waals surface area contributed by atoms with Gasteiger partial charge in [-0.3, -0.25) is 4.79 Å². The predicted molar refractivity (Wildman–Crippen MR) is 99.9 cm³/mol. The van der Waals surface area contributed by atoms with Gasteiger partial charge in [0.2, 0.25) is 5.91 Å². The molecular formula is C19H28N2O4S. The number of nitrogens with zero attached hydrogens (tertiary/aromatic N) is 1. The molecule has 2 aliphatic rings. The van der Waals surface area contributed by atoms with E-state index in [9.17, 15) is 13.2 Å². The molecule has 144 valence electrons. The molecule has 1 saturated carbocycles. The van der Waals surface area contributed by atoms with Crippen molar-refractivity contribution in [3.05, 3.63) is 24.3 Å². The van der Waals surface area contributed by atoms with Crippen molar-refractivity contribution in [3.63, 3.8) is 0 Å². The summed E-state index contributed by atoms with van der Waals surface area (Å²) < 4.78 is 28.5. The summed E-state index contributed by atoms with van der Waals surface area (Å²) in [5.74, 6) is 1.12. The van der Waals surface area contributed by atoms with Crippen molar-refractivity contribution in [2.75, 3.05) is 39.5 Å². The summed E-state index contributed by atoms with van der Waals surface area (Å²) in [5, 5.41) is 3.36. The summed E-state index contributed by atoms with van der Waals surface area (Å²) in [6.45, 7) is 3.22. The number of carbonyl (C=O) groups is 1. The second-order valence-electron chi connectivity index (χ2n) is 7.57. The summed E-state index contributed by atoms with van der Waals surface area (Å²) >= 11 is 0. The van der Waals surface area contributed by atoms with Gasteiger partial charge in [0.1, 0.15) is 5.75 Å². The molecule has 0 bridgehead atoms. The lowest BCUT2D eigenvalue weighted by Gasteiger charge is -2.25. The molecule has 6 nitrogen and oxygen atoms in total. The number of ether oxygens (including phenoxy) is 1. The Morgan fingerprint density at radius 3 is 2.54 bits per heavy atom. The van der Waals surface area contributed by atoms with Gasteiger partial charge in [0, 0.05) is 25.8 Å². The maximum absolute atomic E-state index is 12.6. The predicted octanol–water partition coefficient (Wildman–Crippen LogP) is 1.71. The average Bonchev–Trinajstić information content (AvgIpc) is 3.31. The van der Waals surface area contributed by atoms with Crippen molar-refractivity contribution in [1.82, 2.24) is 10.2 Å². The molecule has 1 saturated heterocycles. The molecule has 7 heteroatoms. The van der Waals surface area contributed by atoms with Gasteiger partial charge in [-0.25, -0.2) is 8.42 Å². The highest BCUT2D eigenvalue weighted by molar-refractivity contribution is 7.90. The van der Waals surface area contributed by atoms with E-state index in [-0.39, 0.29) is 22.1 Å². The van der Waals surface area contributed by atoms with Crippen molar-refractivity contribution in [2.24, 2.45) is 11.3 Å². The zero-order valence-electron chi connectivity index (χ0n) is 15.5. The van der Waals surface area contributed by atoms with Crippen LogP contribution in [-0.2, 0) is 14.6 Å². The van der Waals surface area contributed by atoms with Crippen LogP contribution in [0.1, 0.15) is 25.7 Å². The van der Waals surface area contributed by atoms with Crippen molar-refractivity contribution in [2.45, 2.75) is 30.6 Å². The number of hydrogen-bond donors (Lipinski definition) is 1. The smallest absolute Gasteiger partial charge is 0.226 e. The molecule has 1 aliphatic carbocycles. The first-order valence-corrected chi connectivity index (χ1v) is 11.1. The summed E-state index contributed by atoms with van der Waals surface area (Å²) in [7, 11) is -1.31. The first-order chi connectivity index (χ1) is 12.3. The molecule has 1 spiro atoms. The van der Waals surface area contributed by atoms with Gasteiger partial charge in [-0.15, -0.1) is 0 Å². The van der Waals surface area contributed by atoms with Crippen molar-refractivity contribution < 1.29 is 17.9 Å². The molecule has 0 radical (unpaired) electrons. The summed E-state index contributed by atoms with van der Waals surface area (Å²) in [6.07, 6.45) is 5.20. The van der Waals surface area contributed by atoms with E-state index >= 15 is 0 Å². The zero-order valence-corrected chi connectivity index (χ0v) is 16.3. The molecule has 0 aromatic heterocycles. The molecule has 1 amide bonds. The van der Waals surface area contributed by atoms with Crippen LogP contribution in [0, 0.1) is 11.3 Å². The lowest BCUT2D eigenvalue weighted by atomic mass is 9.91. The quantitative estimate of drug-likeness (QED) is 0.729. The third-order valence-electron chi connectivity index (χ3n) is 5.62. The molecule has 1 unspecified atom stereocenters. The van der Waals surface area contributed by atoms with E-state index in [0.29, 0.717) is 18.9 Å². The molecule has 1 aromatic rings. The minimum atomic E-state index is -3.18. The first kappa shape index (κ1) is 19.2. The monoisotopic (exact) mass is 380 g/mol. The van der Waals surface area contributed by atoms with Crippen molar-refractivity contribution >= 4 is 15.7 Å². The molecule has 1 heterocycles. The minimum absolute atomic E-state index is 0.207. The Morgan fingerprint density at radius 2 is 1.92 bits per heavy atom. The molecule has 1 N–H and O–H groups in total. The molecule has 1 aromatic carbocycles. The van der Waals surface area contributed by atoms with Crippen LogP contribution >= 0.6 is 0 Å². The number of rotatable bonds is 7. The maximum atomic E-state index is 12.6. The van der Waals surface area contributed by atoms with Gasteiger partial charge in [0.15, 0.2) is 9.84 Å². The van der Waals surface area contributed by atoms with Gasteiger partial charge in [-0.05, 0) is 68.5 Å². The van der Waals surface area contributed by atoms with E-state index in [1.807, 2.05) is 11.9 Å². The van der Waals surface area contributed by atoms with Gasteiger partial charge in [-0.2, -0.15) is 0 Å². The van der Waals surface area contributed by atoms with Crippen LogP contribution in [0.15, 0.2) is 29.2 Å². The Kier molecular flexibility index (Phi) is 5.58. The van der Waals surface area contributed by atoms with E-state index in [1.165, 1.54) is 6.26 Å². The van der Waals surface area contributed by atoms with E-state index in [2.05, 4.69) is 5.32 Å². The number of carbonyl (C=O) groups excluding carboxylic acids is 1. The largest absolute Gasteiger partial charge is 0.494 e. The van der Waals surface area contributed by atoms with Gasteiger partial charge in [0.05, 0.1) is 11.5 Å². The van der Waals surface area contributed by atoms with Crippen molar-refractivity contribution in [1.29, 1.82) is 0 Å². The third-order valence-corrected chi connectivity index (χ3v) is 6.75. The van der Waals surface area contributed by atoms with E-state index < -0.39 is 9.84 Å². The molecule has 1 atom stereocenters. The first-order valence-electron chi connectivity index (χ1n) is 9.20. The third kappa shape index (κ3) is 4.38. The SMILES string of the molecule is CN(CCCOc1ccc(S(C)(=O)=O)cc1)C(=O)C1CC12CCNCC2. The van der Waals surface area contributed by atoms with Crippen LogP contribution in [-0.4, -0.2) is 58.8 Å². The van der Waals surface area contributed by atoms with Gasteiger partial charge in [0.25, 0.3) is 0 Å². The molecule has 3 rings (SSSR count). The standard InChI is InChI=1S/C19H28N2O4S/c1-21(18(22)17-14-19(17)8-10-20-11-9-19)12-3-13-25-15-4-6-16(7-5-15)26(2,23)24/h4-7,17,20H,3,8-14H2,1-2H3. The Balaban J connectivity index is 1.39. The molecule has 2 fully saturated rings. The average molecular weight is 381 g/mol. The Bertz CT molecular complexity index is 739. The van der Waals surface area contributed by atoms with Crippen LogP contribution in [0.5, 0.6) is 5.75 Å². The summed E-state index contributed by atoms with van der Waals surface area (Å²) in [4.78, 5) is 14.7. The van der Waals surface area contributed by atoms with Crippen LogP contribution in [0.2, 0.25) is 0 Å². The summed E-state index contributed by atoms with van der Waals surface area (Å²) in [6, 6.07) is 6.42. The highest BCUT2D eigenvalue weighted by Gasteiger charge is 2.58. The van der Waals surface area contributed by atoms with E-state index in [4.69, 9.17) is 4.74 Å². The van der Waals surface area contributed by atoms with Crippen LogP contribution in [0.3, 0.4) is 0 Å². The number of nitrogens with one attached hydrogen (secondary N) is 1. The van der Waals surface area contributed by atoms with Crippen LogP contribution in [0.25, 0.3) is 0 Å².